The molecule has 0 radical (unpaired) electrons. The molecule has 44 heavy (non-hydrogen) atoms. The van der Waals surface area contributed by atoms with Crippen molar-refractivity contribution >= 4 is 5.91 Å². The maximum Gasteiger partial charge on any atom is 0.220 e. The topological polar surface area (TPSA) is 89.8 Å². The maximum atomic E-state index is 12.3. The predicted molar refractivity (Wildman–Crippen MR) is 190 cm³/mol. The summed E-state index contributed by atoms with van der Waals surface area (Å²) in [6.07, 6.45) is 42.0. The molecule has 0 aromatic rings. The molecule has 0 aliphatic carbocycles. The van der Waals surface area contributed by atoms with Gasteiger partial charge in [-0.2, -0.15) is 0 Å². The van der Waals surface area contributed by atoms with Gasteiger partial charge in [-0.1, -0.05) is 127 Å². The van der Waals surface area contributed by atoms with E-state index in [1.165, 1.54) is 83.5 Å². The van der Waals surface area contributed by atoms with Crippen LogP contribution in [0.25, 0.3) is 0 Å². The van der Waals surface area contributed by atoms with Crippen LogP contribution in [0.2, 0.25) is 0 Å². The first-order chi connectivity index (χ1) is 21.6. The third-order valence-electron chi connectivity index (χ3n) is 8.13. The number of rotatable bonds is 32. The summed E-state index contributed by atoms with van der Waals surface area (Å²) in [5.74, 6) is -0.171. The smallest absolute Gasteiger partial charge is 0.220 e. The van der Waals surface area contributed by atoms with E-state index in [1.54, 1.807) is 0 Å². The Morgan fingerprint density at radius 1 is 0.568 bits per heavy atom. The lowest BCUT2D eigenvalue weighted by Crippen LogP contribution is -2.50. The molecule has 0 saturated heterocycles. The Balaban J connectivity index is 3.79. The SMILES string of the molecule is CCCCC/C=C\C/C=C\CCCCCCCCCC(=O)NC(CO)C(O)C(O)CCC/C=C/CC/C=C/CCCCCC. The molecule has 0 saturated carbocycles. The summed E-state index contributed by atoms with van der Waals surface area (Å²) in [7, 11) is 0. The molecule has 3 unspecified atom stereocenters. The minimum absolute atomic E-state index is 0.171. The number of hydrogen-bond donors (Lipinski definition) is 4. The number of nitrogens with one attached hydrogen (secondary N) is 1. The summed E-state index contributed by atoms with van der Waals surface area (Å²) in [4.78, 5) is 12.3. The van der Waals surface area contributed by atoms with Crippen LogP contribution >= 0.6 is 0 Å². The number of amides is 1. The molecule has 0 heterocycles. The Morgan fingerprint density at radius 2 is 1.00 bits per heavy atom. The second-order valence-electron chi connectivity index (χ2n) is 12.4. The van der Waals surface area contributed by atoms with E-state index in [0.717, 1.165) is 57.8 Å². The molecule has 0 aliphatic heterocycles. The highest BCUT2D eigenvalue weighted by atomic mass is 16.3. The van der Waals surface area contributed by atoms with E-state index in [-0.39, 0.29) is 12.5 Å². The van der Waals surface area contributed by atoms with Crippen molar-refractivity contribution in [3.05, 3.63) is 48.6 Å². The molecule has 4 N–H and O–H groups in total. The standard InChI is InChI=1S/C39H71NO4/c1-3-5-7-9-11-13-15-17-18-19-20-22-24-26-28-30-32-34-38(43)40-36(35-41)39(44)37(42)33-31-29-27-25-23-21-16-14-12-10-8-6-4-2/h11,13-14,16-18,25,27,36-37,39,41-42,44H,3-10,12,15,19-24,26,28-35H2,1-2H3,(H,40,43)/b13-11-,16-14+,18-17-,27-25+. The van der Waals surface area contributed by atoms with Crippen molar-refractivity contribution in [2.75, 3.05) is 6.61 Å². The number of carbonyl (C=O) groups is 1. The molecule has 0 fully saturated rings. The van der Waals surface area contributed by atoms with Crippen molar-refractivity contribution in [1.29, 1.82) is 0 Å². The number of aliphatic hydroxyl groups excluding tert-OH is 3. The molecule has 0 aliphatic rings. The van der Waals surface area contributed by atoms with Crippen LogP contribution in [-0.2, 0) is 4.79 Å². The highest BCUT2D eigenvalue weighted by Gasteiger charge is 2.26. The fourth-order valence-corrected chi connectivity index (χ4v) is 5.21. The molecule has 5 nitrogen and oxygen atoms in total. The van der Waals surface area contributed by atoms with E-state index < -0.39 is 18.2 Å². The Hall–Kier alpha value is -1.69. The fourth-order valence-electron chi connectivity index (χ4n) is 5.21. The summed E-state index contributed by atoms with van der Waals surface area (Å²) in [5.41, 5.74) is 0. The monoisotopic (exact) mass is 618 g/mol. The van der Waals surface area contributed by atoms with Gasteiger partial charge in [0.25, 0.3) is 0 Å². The third kappa shape index (κ3) is 29.0. The second kappa shape index (κ2) is 34.2. The van der Waals surface area contributed by atoms with Gasteiger partial charge < -0.3 is 20.6 Å². The first-order valence-electron chi connectivity index (χ1n) is 18.4. The van der Waals surface area contributed by atoms with Gasteiger partial charge in [0, 0.05) is 6.42 Å². The van der Waals surface area contributed by atoms with E-state index in [0.29, 0.717) is 12.8 Å². The molecule has 1 amide bonds. The van der Waals surface area contributed by atoms with Gasteiger partial charge >= 0.3 is 0 Å². The van der Waals surface area contributed by atoms with Crippen LogP contribution in [0.15, 0.2) is 48.6 Å². The molecule has 0 aromatic carbocycles. The molecule has 0 bridgehead atoms. The summed E-state index contributed by atoms with van der Waals surface area (Å²) >= 11 is 0. The van der Waals surface area contributed by atoms with Gasteiger partial charge in [0.1, 0.15) is 6.10 Å². The first-order valence-corrected chi connectivity index (χ1v) is 18.4. The highest BCUT2D eigenvalue weighted by Crippen LogP contribution is 2.12. The van der Waals surface area contributed by atoms with Crippen molar-refractivity contribution < 1.29 is 20.1 Å². The molecule has 0 aromatic heterocycles. The zero-order chi connectivity index (χ0) is 32.4. The molecular weight excluding hydrogens is 546 g/mol. The summed E-state index contributed by atoms with van der Waals surface area (Å²) in [5, 5.41) is 33.3. The average Bonchev–Trinajstić information content (AvgIpc) is 3.03. The fraction of sp³-hybridized carbons (Fsp3) is 0.769. The number of aliphatic hydroxyl groups is 3. The van der Waals surface area contributed by atoms with Gasteiger partial charge in [0.15, 0.2) is 0 Å². The van der Waals surface area contributed by atoms with Crippen LogP contribution < -0.4 is 5.32 Å². The van der Waals surface area contributed by atoms with Crippen LogP contribution in [0, 0.1) is 0 Å². The zero-order valence-electron chi connectivity index (χ0n) is 28.8. The first kappa shape index (κ1) is 42.3. The lowest BCUT2D eigenvalue weighted by atomic mass is 10.0. The van der Waals surface area contributed by atoms with Crippen molar-refractivity contribution in [3.8, 4) is 0 Å². The van der Waals surface area contributed by atoms with E-state index in [4.69, 9.17) is 0 Å². The van der Waals surface area contributed by atoms with Crippen molar-refractivity contribution in [3.63, 3.8) is 0 Å². The third-order valence-corrected chi connectivity index (χ3v) is 8.13. The maximum absolute atomic E-state index is 12.3. The molecule has 5 heteroatoms. The average molecular weight is 618 g/mol. The summed E-state index contributed by atoms with van der Waals surface area (Å²) in [6.45, 7) is 4.09. The van der Waals surface area contributed by atoms with E-state index in [2.05, 4.69) is 67.8 Å². The van der Waals surface area contributed by atoms with Gasteiger partial charge in [0.2, 0.25) is 5.91 Å². The molecule has 0 spiro atoms. The van der Waals surface area contributed by atoms with Crippen molar-refractivity contribution in [2.45, 2.75) is 186 Å². The Bertz CT molecular complexity index is 730. The Kier molecular flexibility index (Phi) is 32.9. The van der Waals surface area contributed by atoms with Gasteiger partial charge in [-0.3, -0.25) is 4.79 Å². The minimum atomic E-state index is -1.17. The minimum Gasteiger partial charge on any atom is -0.394 e. The highest BCUT2D eigenvalue weighted by molar-refractivity contribution is 5.76. The molecular formula is C39H71NO4. The number of unbranched alkanes of at least 4 members (excludes halogenated alkanes) is 16. The normalized spacial score (nSPS) is 14.4. The van der Waals surface area contributed by atoms with Gasteiger partial charge in [0.05, 0.1) is 18.8 Å². The quantitative estimate of drug-likeness (QED) is 0.0447. The van der Waals surface area contributed by atoms with E-state index >= 15 is 0 Å². The zero-order valence-corrected chi connectivity index (χ0v) is 28.8. The molecule has 0 rings (SSSR count). The van der Waals surface area contributed by atoms with Crippen LogP contribution in [0.1, 0.15) is 168 Å². The second-order valence-corrected chi connectivity index (χ2v) is 12.4. The lowest BCUT2D eigenvalue weighted by molar-refractivity contribution is -0.124. The number of carbonyl (C=O) groups excluding carboxylic acids is 1. The summed E-state index contributed by atoms with van der Waals surface area (Å²) in [6, 6.07) is -0.835. The molecule has 3 atom stereocenters. The largest absolute Gasteiger partial charge is 0.394 e. The summed E-state index contributed by atoms with van der Waals surface area (Å²) < 4.78 is 0. The Labute approximate surface area is 272 Å². The van der Waals surface area contributed by atoms with Gasteiger partial charge in [-0.15, -0.1) is 0 Å². The number of hydrogen-bond acceptors (Lipinski definition) is 4. The van der Waals surface area contributed by atoms with Gasteiger partial charge in [-0.25, -0.2) is 0 Å². The van der Waals surface area contributed by atoms with E-state index in [1.807, 2.05) is 0 Å². The van der Waals surface area contributed by atoms with Crippen LogP contribution in [-0.4, -0.2) is 46.1 Å². The van der Waals surface area contributed by atoms with Crippen LogP contribution in [0.4, 0.5) is 0 Å². The molecule has 256 valence electrons. The van der Waals surface area contributed by atoms with Crippen LogP contribution in [0.3, 0.4) is 0 Å². The van der Waals surface area contributed by atoms with E-state index in [9.17, 15) is 20.1 Å². The lowest BCUT2D eigenvalue weighted by Gasteiger charge is -2.26. The number of allylic oxidation sites excluding steroid dienone is 8. The van der Waals surface area contributed by atoms with Gasteiger partial charge in [-0.05, 0) is 83.5 Å². The predicted octanol–water partition coefficient (Wildman–Crippen LogP) is 9.81. The van der Waals surface area contributed by atoms with Crippen molar-refractivity contribution in [1.82, 2.24) is 5.32 Å². The van der Waals surface area contributed by atoms with Crippen molar-refractivity contribution in [2.24, 2.45) is 0 Å². The Morgan fingerprint density at radius 3 is 1.57 bits per heavy atom. The van der Waals surface area contributed by atoms with Crippen LogP contribution in [0.5, 0.6) is 0 Å².